The number of aliphatic carboxylic acids is 2. The summed E-state index contributed by atoms with van der Waals surface area (Å²) in [4.78, 5) is 21.4. The molecule has 0 saturated heterocycles. The fourth-order valence-electron chi connectivity index (χ4n) is 1.25. The molecule has 4 nitrogen and oxygen atoms in total. The molecule has 4 heteroatoms. The van der Waals surface area contributed by atoms with Gasteiger partial charge in [0.1, 0.15) is 0 Å². The lowest BCUT2D eigenvalue weighted by Crippen LogP contribution is -2.36. The molecule has 0 aliphatic heterocycles. The molecule has 0 radical (unpaired) electrons. The molecule has 14 heavy (non-hydrogen) atoms. The topological polar surface area (TPSA) is 74.6 Å². The van der Waals surface area contributed by atoms with Gasteiger partial charge in [0.05, 0.1) is 12.3 Å². The van der Waals surface area contributed by atoms with Crippen molar-refractivity contribution in [3.63, 3.8) is 0 Å². The van der Waals surface area contributed by atoms with Crippen LogP contribution in [0.2, 0.25) is 0 Å². The van der Waals surface area contributed by atoms with Gasteiger partial charge in [0.2, 0.25) is 0 Å². The van der Waals surface area contributed by atoms with E-state index in [1.807, 2.05) is 13.8 Å². The standard InChI is InChI=1S/C10H18O4/c1-6(2)10(3,4)7(9(13)14)5-8(11)12/h6-7H,5H2,1-4H3,(H,11,12)(H,13,14). The number of hydrogen-bond donors (Lipinski definition) is 2. The monoisotopic (exact) mass is 202 g/mol. The van der Waals surface area contributed by atoms with Gasteiger partial charge in [-0.05, 0) is 11.3 Å². The Kier molecular flexibility index (Phi) is 4.10. The predicted octanol–water partition coefficient (Wildman–Crippen LogP) is 1.84. The Morgan fingerprint density at radius 2 is 1.64 bits per heavy atom. The second kappa shape index (κ2) is 4.44. The Labute approximate surface area is 83.9 Å². The van der Waals surface area contributed by atoms with E-state index >= 15 is 0 Å². The van der Waals surface area contributed by atoms with Gasteiger partial charge >= 0.3 is 11.9 Å². The highest BCUT2D eigenvalue weighted by atomic mass is 16.4. The summed E-state index contributed by atoms with van der Waals surface area (Å²) in [5, 5.41) is 17.6. The van der Waals surface area contributed by atoms with Crippen molar-refractivity contribution in [3.8, 4) is 0 Å². The van der Waals surface area contributed by atoms with Crippen LogP contribution in [0.3, 0.4) is 0 Å². The molecule has 0 aromatic carbocycles. The molecule has 1 atom stereocenters. The SMILES string of the molecule is CC(C)C(C)(C)C(CC(=O)O)C(=O)O. The summed E-state index contributed by atoms with van der Waals surface area (Å²) in [7, 11) is 0. The highest BCUT2D eigenvalue weighted by Gasteiger charge is 2.38. The first kappa shape index (κ1) is 12.9. The van der Waals surface area contributed by atoms with Crippen molar-refractivity contribution >= 4 is 11.9 Å². The first-order valence-corrected chi connectivity index (χ1v) is 4.64. The average molecular weight is 202 g/mol. The molecule has 1 unspecified atom stereocenters. The molecule has 0 aromatic rings. The summed E-state index contributed by atoms with van der Waals surface area (Å²) >= 11 is 0. The minimum atomic E-state index is -1.06. The maximum atomic E-state index is 10.9. The lowest BCUT2D eigenvalue weighted by atomic mass is 9.69. The summed E-state index contributed by atoms with van der Waals surface area (Å²) < 4.78 is 0. The van der Waals surface area contributed by atoms with Crippen LogP contribution in [0, 0.1) is 17.3 Å². The van der Waals surface area contributed by atoms with Crippen molar-refractivity contribution in [1.29, 1.82) is 0 Å². The van der Waals surface area contributed by atoms with E-state index in [1.54, 1.807) is 13.8 Å². The number of carboxylic acid groups (broad SMARTS) is 2. The smallest absolute Gasteiger partial charge is 0.307 e. The second-order valence-corrected chi connectivity index (χ2v) is 4.46. The van der Waals surface area contributed by atoms with Gasteiger partial charge in [0.25, 0.3) is 0 Å². The third-order valence-electron chi connectivity index (χ3n) is 3.06. The van der Waals surface area contributed by atoms with Gasteiger partial charge in [0.15, 0.2) is 0 Å². The van der Waals surface area contributed by atoms with E-state index in [-0.39, 0.29) is 12.3 Å². The highest BCUT2D eigenvalue weighted by molar-refractivity contribution is 5.78. The zero-order valence-electron chi connectivity index (χ0n) is 9.07. The largest absolute Gasteiger partial charge is 0.481 e. The van der Waals surface area contributed by atoms with Gasteiger partial charge < -0.3 is 10.2 Å². The van der Waals surface area contributed by atoms with Crippen LogP contribution < -0.4 is 0 Å². The number of hydrogen-bond acceptors (Lipinski definition) is 2. The molecule has 0 saturated carbocycles. The van der Waals surface area contributed by atoms with E-state index in [2.05, 4.69) is 0 Å². The Morgan fingerprint density at radius 3 is 1.86 bits per heavy atom. The van der Waals surface area contributed by atoms with Crippen LogP contribution >= 0.6 is 0 Å². The summed E-state index contributed by atoms with van der Waals surface area (Å²) in [6, 6.07) is 0. The van der Waals surface area contributed by atoms with Crippen LogP contribution in [-0.2, 0) is 9.59 Å². The van der Waals surface area contributed by atoms with Crippen molar-refractivity contribution < 1.29 is 19.8 Å². The zero-order chi connectivity index (χ0) is 11.5. The van der Waals surface area contributed by atoms with Gasteiger partial charge in [-0.2, -0.15) is 0 Å². The molecule has 0 amide bonds. The first-order valence-electron chi connectivity index (χ1n) is 4.64. The van der Waals surface area contributed by atoms with Crippen LogP contribution in [0.4, 0.5) is 0 Å². The van der Waals surface area contributed by atoms with Gasteiger partial charge in [-0.15, -0.1) is 0 Å². The Hall–Kier alpha value is -1.06. The van der Waals surface area contributed by atoms with Crippen LogP contribution in [0.25, 0.3) is 0 Å². The Balaban J connectivity index is 4.81. The van der Waals surface area contributed by atoms with Gasteiger partial charge in [0, 0.05) is 0 Å². The lowest BCUT2D eigenvalue weighted by molar-refractivity contribution is -0.153. The molecule has 0 aliphatic carbocycles. The number of carboxylic acids is 2. The molecule has 0 bridgehead atoms. The maximum absolute atomic E-state index is 10.9. The van der Waals surface area contributed by atoms with E-state index in [9.17, 15) is 9.59 Å². The summed E-state index contributed by atoms with van der Waals surface area (Å²) in [5.41, 5.74) is -0.510. The van der Waals surface area contributed by atoms with E-state index in [4.69, 9.17) is 10.2 Å². The molecule has 0 aliphatic rings. The third kappa shape index (κ3) is 3.01. The van der Waals surface area contributed by atoms with E-state index in [0.717, 1.165) is 0 Å². The fourth-order valence-corrected chi connectivity index (χ4v) is 1.25. The molecule has 0 rings (SSSR count). The minimum Gasteiger partial charge on any atom is -0.481 e. The van der Waals surface area contributed by atoms with Crippen molar-refractivity contribution in [2.24, 2.45) is 17.3 Å². The predicted molar refractivity (Wildman–Crippen MR) is 52.0 cm³/mol. The Bertz CT molecular complexity index is 230. The molecule has 2 N–H and O–H groups in total. The van der Waals surface area contributed by atoms with Crippen LogP contribution in [0.5, 0.6) is 0 Å². The van der Waals surface area contributed by atoms with Crippen molar-refractivity contribution in [3.05, 3.63) is 0 Å². The molecule has 0 fully saturated rings. The van der Waals surface area contributed by atoms with E-state index in [0.29, 0.717) is 0 Å². The summed E-state index contributed by atoms with van der Waals surface area (Å²) in [6.07, 6.45) is -0.319. The normalized spacial score (nSPS) is 14.1. The maximum Gasteiger partial charge on any atom is 0.307 e. The summed E-state index contributed by atoms with van der Waals surface area (Å²) in [6.45, 7) is 7.38. The fraction of sp³-hybridized carbons (Fsp3) is 0.800. The van der Waals surface area contributed by atoms with Crippen molar-refractivity contribution in [2.45, 2.75) is 34.1 Å². The van der Waals surface area contributed by atoms with Gasteiger partial charge in [-0.3, -0.25) is 9.59 Å². The number of carbonyl (C=O) groups is 2. The van der Waals surface area contributed by atoms with Crippen LogP contribution in [0.1, 0.15) is 34.1 Å². The average Bonchev–Trinajstić information content (AvgIpc) is 1.98. The van der Waals surface area contributed by atoms with E-state index in [1.165, 1.54) is 0 Å². The highest BCUT2D eigenvalue weighted by Crippen LogP contribution is 2.37. The molecule has 82 valence electrons. The van der Waals surface area contributed by atoms with Gasteiger partial charge in [-0.1, -0.05) is 27.7 Å². The quantitative estimate of drug-likeness (QED) is 0.713. The number of rotatable bonds is 5. The van der Waals surface area contributed by atoms with Crippen LogP contribution in [-0.4, -0.2) is 22.2 Å². The van der Waals surface area contributed by atoms with Crippen molar-refractivity contribution in [2.75, 3.05) is 0 Å². The second-order valence-electron chi connectivity index (χ2n) is 4.46. The minimum absolute atomic E-state index is 0.128. The lowest BCUT2D eigenvalue weighted by Gasteiger charge is -2.34. The molecule has 0 heterocycles. The molecule has 0 aromatic heterocycles. The zero-order valence-corrected chi connectivity index (χ0v) is 9.07. The first-order chi connectivity index (χ1) is 6.19. The Morgan fingerprint density at radius 1 is 1.21 bits per heavy atom. The van der Waals surface area contributed by atoms with E-state index < -0.39 is 23.3 Å². The third-order valence-corrected chi connectivity index (χ3v) is 3.06. The molecular formula is C10H18O4. The van der Waals surface area contributed by atoms with Gasteiger partial charge in [-0.25, -0.2) is 0 Å². The summed E-state index contributed by atoms with van der Waals surface area (Å²) in [5.74, 6) is -2.81. The molecule has 0 spiro atoms. The molecular weight excluding hydrogens is 184 g/mol. The van der Waals surface area contributed by atoms with Crippen LogP contribution in [0.15, 0.2) is 0 Å². The van der Waals surface area contributed by atoms with Crippen molar-refractivity contribution in [1.82, 2.24) is 0 Å².